The summed E-state index contributed by atoms with van der Waals surface area (Å²) in [5.41, 5.74) is 2.55. The summed E-state index contributed by atoms with van der Waals surface area (Å²) < 4.78 is 0. The van der Waals surface area contributed by atoms with Crippen LogP contribution in [-0.2, 0) is 0 Å². The van der Waals surface area contributed by atoms with Crippen LogP contribution in [0.25, 0.3) is 11.1 Å². The second-order valence-corrected chi connectivity index (χ2v) is 2.73. The predicted octanol–water partition coefficient (Wildman–Crippen LogP) is 2.69. The van der Waals surface area contributed by atoms with Gasteiger partial charge in [0, 0.05) is 0 Å². The first-order valence-electron chi connectivity index (χ1n) is 4.07. The minimum absolute atomic E-state index is 1.28. The molecule has 0 aliphatic rings. The Morgan fingerprint density at radius 2 is 1.25 bits per heavy atom. The van der Waals surface area contributed by atoms with E-state index in [1.54, 1.807) is 0 Å². The maximum atomic E-state index is 2.12. The molecule has 0 fully saturated rings. The van der Waals surface area contributed by atoms with E-state index in [4.69, 9.17) is 0 Å². The molecule has 0 amide bonds. The molecular weight excluding hydrogens is 143 g/mol. The Kier molecular flexibility index (Phi) is 2.04. The van der Waals surface area contributed by atoms with Crippen molar-refractivity contribution < 1.29 is 0 Å². The average Bonchev–Trinajstić information content (AvgIpc) is 2.21. The van der Waals surface area contributed by atoms with Crippen molar-refractivity contribution in [2.45, 2.75) is 0 Å². The van der Waals surface area contributed by atoms with Crippen LogP contribution in [0.4, 0.5) is 0 Å². The first kappa shape index (κ1) is 7.29. The zero-order chi connectivity index (χ0) is 8.23. The van der Waals surface area contributed by atoms with Gasteiger partial charge in [0.1, 0.15) is 0 Å². The van der Waals surface area contributed by atoms with E-state index in [1.165, 1.54) is 11.1 Å². The van der Waals surface area contributed by atoms with Gasteiger partial charge < -0.3 is 0 Å². The molecule has 0 saturated heterocycles. The Morgan fingerprint density at radius 1 is 0.667 bits per heavy atom. The molecule has 1 heterocycles. The summed E-state index contributed by atoms with van der Waals surface area (Å²) in [7, 11) is 0. The summed E-state index contributed by atoms with van der Waals surface area (Å²) in [6, 6.07) is 14.6. The van der Waals surface area contributed by atoms with Crippen LogP contribution in [0.3, 0.4) is 0 Å². The van der Waals surface area contributed by atoms with Gasteiger partial charge in [-0.25, -0.2) is 0 Å². The zero-order valence-corrected chi connectivity index (χ0v) is 6.77. The summed E-state index contributed by atoms with van der Waals surface area (Å²) in [4.78, 5) is 0. The van der Waals surface area contributed by atoms with Crippen molar-refractivity contribution in [3.05, 3.63) is 54.4 Å². The molecule has 0 nitrogen and oxygen atoms in total. The molecular formula is C11H9B. The van der Waals surface area contributed by atoms with Crippen LogP contribution in [0, 0.1) is 0 Å². The number of rotatable bonds is 1. The SMILES string of the molecule is b1ccc(-c2ccccc2)cc1. The molecule has 1 heteroatoms. The molecule has 0 atom stereocenters. The van der Waals surface area contributed by atoms with Gasteiger partial charge in [-0.15, -0.1) is 0 Å². The molecule has 0 aliphatic heterocycles. The molecule has 0 aliphatic carbocycles. The Morgan fingerprint density at radius 3 is 1.92 bits per heavy atom. The van der Waals surface area contributed by atoms with E-state index in [-0.39, 0.29) is 0 Å². The molecule has 0 N–H and O–H groups in total. The zero-order valence-electron chi connectivity index (χ0n) is 6.77. The van der Waals surface area contributed by atoms with Gasteiger partial charge in [-0.05, 0) is 0 Å². The van der Waals surface area contributed by atoms with Crippen molar-refractivity contribution in [2.75, 3.05) is 0 Å². The molecule has 0 saturated carbocycles. The average molecular weight is 152 g/mol. The van der Waals surface area contributed by atoms with E-state index < -0.39 is 0 Å². The van der Waals surface area contributed by atoms with Crippen LogP contribution < -0.4 is 0 Å². The summed E-state index contributed by atoms with van der Waals surface area (Å²) in [5, 5.41) is 0. The van der Waals surface area contributed by atoms with Crippen molar-refractivity contribution in [3.63, 3.8) is 0 Å². The Bertz CT molecular complexity index is 302. The molecule has 1 aromatic carbocycles. The quantitative estimate of drug-likeness (QED) is 0.589. The summed E-state index contributed by atoms with van der Waals surface area (Å²) in [6.07, 6.45) is 0. The van der Waals surface area contributed by atoms with Crippen LogP contribution >= 0.6 is 0 Å². The van der Waals surface area contributed by atoms with Gasteiger partial charge in [0.05, 0.1) is 0 Å². The number of hydrogen-bond donors (Lipinski definition) is 0. The van der Waals surface area contributed by atoms with Crippen LogP contribution in [-0.4, -0.2) is 6.91 Å². The van der Waals surface area contributed by atoms with Crippen LogP contribution in [0.2, 0.25) is 0 Å². The van der Waals surface area contributed by atoms with E-state index in [0.29, 0.717) is 0 Å². The third-order valence-electron chi connectivity index (χ3n) is 1.88. The Balaban J connectivity index is 2.46. The fraction of sp³-hybridized carbons (Fsp3) is 0. The van der Waals surface area contributed by atoms with Crippen LogP contribution in [0.1, 0.15) is 0 Å². The van der Waals surface area contributed by atoms with E-state index >= 15 is 0 Å². The molecule has 0 spiro atoms. The van der Waals surface area contributed by atoms with E-state index in [1.807, 2.05) is 13.0 Å². The maximum absolute atomic E-state index is 2.12. The van der Waals surface area contributed by atoms with Crippen LogP contribution in [0.5, 0.6) is 0 Å². The molecule has 56 valence electrons. The number of benzene rings is 1. The fourth-order valence-electron chi connectivity index (χ4n) is 1.26. The summed E-state index contributed by atoms with van der Waals surface area (Å²) in [6.45, 7) is 2.03. The molecule has 1 aromatic heterocycles. The monoisotopic (exact) mass is 152 g/mol. The Hall–Kier alpha value is -1.37. The second-order valence-electron chi connectivity index (χ2n) is 2.73. The molecule has 2 aromatic rings. The Labute approximate surface area is 73.1 Å². The molecule has 0 bridgehead atoms. The molecule has 0 unspecified atom stereocenters. The predicted molar refractivity (Wildman–Crippen MR) is 53.2 cm³/mol. The third kappa shape index (κ3) is 1.45. The van der Waals surface area contributed by atoms with E-state index in [9.17, 15) is 0 Å². The third-order valence-corrected chi connectivity index (χ3v) is 1.88. The van der Waals surface area contributed by atoms with E-state index in [0.717, 1.165) is 0 Å². The fourth-order valence-corrected chi connectivity index (χ4v) is 1.26. The normalized spacial score (nSPS) is 9.33. The van der Waals surface area contributed by atoms with Gasteiger partial charge in [0.2, 0.25) is 0 Å². The molecule has 2 rings (SSSR count). The van der Waals surface area contributed by atoms with Gasteiger partial charge in [0.25, 0.3) is 0 Å². The van der Waals surface area contributed by atoms with E-state index in [2.05, 4.69) is 48.3 Å². The van der Waals surface area contributed by atoms with Gasteiger partial charge in [-0.3, -0.25) is 0 Å². The topological polar surface area (TPSA) is 0 Å². The summed E-state index contributed by atoms with van der Waals surface area (Å²) >= 11 is 0. The van der Waals surface area contributed by atoms with Gasteiger partial charge in [0.15, 0.2) is 0 Å². The van der Waals surface area contributed by atoms with Crippen molar-refractivity contribution in [1.29, 1.82) is 0 Å². The second kappa shape index (κ2) is 3.35. The van der Waals surface area contributed by atoms with Gasteiger partial charge in [-0.2, -0.15) is 0 Å². The number of hydrogen-bond acceptors (Lipinski definition) is 0. The van der Waals surface area contributed by atoms with Crippen molar-refractivity contribution in [2.24, 2.45) is 0 Å². The van der Waals surface area contributed by atoms with Crippen molar-refractivity contribution in [3.8, 4) is 11.1 Å². The minimum atomic E-state index is 1.28. The van der Waals surface area contributed by atoms with Gasteiger partial charge in [-0.1, -0.05) is 0 Å². The summed E-state index contributed by atoms with van der Waals surface area (Å²) in [5.74, 6) is 4.12. The van der Waals surface area contributed by atoms with Crippen LogP contribution in [0.15, 0.2) is 54.4 Å². The van der Waals surface area contributed by atoms with Crippen molar-refractivity contribution >= 4 is 6.91 Å². The molecule has 12 heavy (non-hydrogen) atoms. The molecule has 0 radical (unpaired) electrons. The first-order valence-corrected chi connectivity index (χ1v) is 4.07. The van der Waals surface area contributed by atoms with Gasteiger partial charge >= 0.3 is 72.4 Å². The standard InChI is InChI=1S/C11H9B/c1-2-4-10(5-3-1)11-6-8-12-9-7-11/h1-9H. The first-order chi connectivity index (χ1) is 5.97. The van der Waals surface area contributed by atoms with Crippen molar-refractivity contribution in [1.82, 2.24) is 0 Å².